The number of hydrogen-bond acceptors (Lipinski definition) is 2. The van der Waals surface area contributed by atoms with E-state index in [9.17, 15) is 9.90 Å². The van der Waals surface area contributed by atoms with E-state index in [0.29, 0.717) is 11.5 Å². The van der Waals surface area contributed by atoms with E-state index in [1.165, 1.54) is 37.9 Å². The minimum atomic E-state index is 0. The Morgan fingerprint density at radius 1 is 0.786 bits per heavy atom. The second-order valence-corrected chi connectivity index (χ2v) is 11.0. The van der Waals surface area contributed by atoms with Gasteiger partial charge in [-0.2, -0.15) is 0 Å². The quantitative estimate of drug-likeness (QED) is 0.0567. The summed E-state index contributed by atoms with van der Waals surface area (Å²) in [7, 11) is 0. The molecule has 0 bridgehead atoms. The molecule has 1 radical (unpaired) electrons. The van der Waals surface area contributed by atoms with Crippen molar-refractivity contribution < 1.29 is 30.0 Å². The molecule has 0 unspecified atom stereocenters. The van der Waals surface area contributed by atoms with E-state index in [1.807, 2.05) is 33.9 Å². The molecule has 1 aromatic heterocycles. The molecule has 0 saturated carbocycles. The van der Waals surface area contributed by atoms with Crippen LogP contribution in [0.25, 0.3) is 43.6 Å². The molecule has 0 aliphatic rings. The first kappa shape index (κ1) is 33.2. The van der Waals surface area contributed by atoms with Gasteiger partial charge in [0.15, 0.2) is 0 Å². The van der Waals surface area contributed by atoms with Crippen LogP contribution >= 0.6 is 0 Å². The first-order valence-corrected chi connectivity index (χ1v) is 15.0. The Balaban J connectivity index is 0.000000263. The predicted molar refractivity (Wildman–Crippen MR) is 176 cm³/mol. The first-order valence-electron chi connectivity index (χ1n) is 15.0. The summed E-state index contributed by atoms with van der Waals surface area (Å²) in [5, 5.41) is 17.3. The molecule has 0 saturated heterocycles. The van der Waals surface area contributed by atoms with E-state index in [0.717, 1.165) is 42.5 Å². The SMILES string of the molecule is CCC(CC)C(=[OH+])/C=C(\O)C(CC)CC.Cc1[c-]c(-c2nccc3c2ccc2c4ccccc4ccc32)cc(C)c1.[Ir]. The van der Waals surface area contributed by atoms with Crippen LogP contribution in [-0.4, -0.2) is 20.7 Å². The molecule has 3 nitrogen and oxygen atoms in total. The number of allylic oxidation sites excluding steroid dienone is 2. The van der Waals surface area contributed by atoms with Gasteiger partial charge in [0.1, 0.15) is 5.76 Å². The van der Waals surface area contributed by atoms with Gasteiger partial charge in [-0.15, -0.1) is 34.9 Å². The normalized spacial score (nSPS) is 11.6. The Morgan fingerprint density at radius 2 is 1.38 bits per heavy atom. The van der Waals surface area contributed by atoms with Crippen LogP contribution in [0, 0.1) is 31.7 Å². The minimum absolute atomic E-state index is 0. The molecule has 4 aromatic carbocycles. The Morgan fingerprint density at radius 3 is 2.05 bits per heavy atom. The molecule has 0 aliphatic carbocycles. The number of nitrogens with zero attached hydrogens (tertiary/aromatic N) is 1. The fourth-order valence-corrected chi connectivity index (χ4v) is 5.79. The fraction of sp³-hybridized carbons (Fsp3) is 0.316. The zero-order valence-corrected chi connectivity index (χ0v) is 28.1. The zero-order chi connectivity index (χ0) is 29.5. The van der Waals surface area contributed by atoms with Crippen LogP contribution < -0.4 is 0 Å². The van der Waals surface area contributed by atoms with Gasteiger partial charge in [0.25, 0.3) is 0 Å². The van der Waals surface area contributed by atoms with Crippen molar-refractivity contribution in [2.75, 3.05) is 0 Å². The van der Waals surface area contributed by atoms with Crippen molar-refractivity contribution >= 4 is 38.1 Å². The summed E-state index contributed by atoms with van der Waals surface area (Å²) >= 11 is 0. The largest absolute Gasteiger partial charge is 0.512 e. The Hall–Kier alpha value is -3.33. The summed E-state index contributed by atoms with van der Waals surface area (Å²) in [6.45, 7) is 12.4. The van der Waals surface area contributed by atoms with Crippen LogP contribution in [0.5, 0.6) is 0 Å². The van der Waals surface area contributed by atoms with Crippen molar-refractivity contribution in [3.8, 4) is 11.3 Å². The molecule has 42 heavy (non-hydrogen) atoms. The van der Waals surface area contributed by atoms with E-state index >= 15 is 0 Å². The molecular formula is C38H43IrNO2. The number of pyridine rings is 1. The number of fused-ring (bicyclic) bond motifs is 5. The van der Waals surface area contributed by atoms with Gasteiger partial charge in [0.05, 0.1) is 12.0 Å². The van der Waals surface area contributed by atoms with Gasteiger partial charge in [-0.1, -0.05) is 90.1 Å². The monoisotopic (exact) mass is 738 g/mol. The van der Waals surface area contributed by atoms with Crippen LogP contribution in [0.15, 0.2) is 84.8 Å². The summed E-state index contributed by atoms with van der Waals surface area (Å²) in [6.07, 6.45) is 7.11. The summed E-state index contributed by atoms with van der Waals surface area (Å²) in [4.78, 5) is 14.5. The van der Waals surface area contributed by atoms with Gasteiger partial charge in [0, 0.05) is 32.2 Å². The van der Waals surface area contributed by atoms with Crippen molar-refractivity contribution in [1.29, 1.82) is 0 Å². The van der Waals surface area contributed by atoms with Crippen molar-refractivity contribution in [2.24, 2.45) is 11.8 Å². The number of aliphatic hydroxyl groups excluding tert-OH is 1. The zero-order valence-electron chi connectivity index (χ0n) is 25.7. The molecule has 5 aromatic rings. The molecule has 4 heteroatoms. The van der Waals surface area contributed by atoms with Crippen LogP contribution in [0.2, 0.25) is 0 Å². The Bertz CT molecular complexity index is 1680. The molecule has 0 aliphatic heterocycles. The van der Waals surface area contributed by atoms with E-state index in [1.54, 1.807) is 6.08 Å². The van der Waals surface area contributed by atoms with Gasteiger partial charge in [-0.05, 0) is 69.8 Å². The average molecular weight is 738 g/mol. The van der Waals surface area contributed by atoms with Crippen molar-refractivity contribution in [3.63, 3.8) is 0 Å². The fourth-order valence-electron chi connectivity index (χ4n) is 5.79. The standard InChI is InChI=1S/C25H18N.C13H24O2.Ir/c1-16-13-17(2)15-19(14-16)25-24-10-9-21-20-6-4-3-5-18(20)7-8-22(21)23(24)11-12-26-25;1-5-10(6-2)12(14)9-13(15)11(7-3)8-4;/h3-14H,1-2H3;9-11,14H,5-8H2,1-4H3;/q-1;;/p+1/b;12-9-;. The second-order valence-electron chi connectivity index (χ2n) is 11.0. The summed E-state index contributed by atoms with van der Waals surface area (Å²) in [6, 6.07) is 27.3. The van der Waals surface area contributed by atoms with Crippen LogP contribution in [0.4, 0.5) is 0 Å². The van der Waals surface area contributed by atoms with Gasteiger partial charge < -0.3 is 10.1 Å². The number of aliphatic hydroxyl groups is 1. The second kappa shape index (κ2) is 15.2. The summed E-state index contributed by atoms with van der Waals surface area (Å²) in [5.74, 6) is 1.01. The average Bonchev–Trinajstić information content (AvgIpc) is 2.97. The van der Waals surface area contributed by atoms with E-state index in [-0.39, 0.29) is 31.9 Å². The molecule has 1 heterocycles. The van der Waals surface area contributed by atoms with Gasteiger partial charge in [-0.25, -0.2) is 0 Å². The van der Waals surface area contributed by atoms with E-state index < -0.39 is 0 Å². The molecule has 0 spiro atoms. The number of benzene rings is 4. The maximum atomic E-state index is 9.80. The number of hydrogen-bond donors (Lipinski definition) is 1. The first-order chi connectivity index (χ1) is 19.8. The van der Waals surface area contributed by atoms with Crippen molar-refractivity contribution in [1.82, 2.24) is 4.98 Å². The summed E-state index contributed by atoms with van der Waals surface area (Å²) in [5.41, 5.74) is 4.45. The Labute approximate surface area is 264 Å². The van der Waals surface area contributed by atoms with Crippen molar-refractivity contribution in [3.05, 3.63) is 102 Å². The number of carbonyl (C=O) groups excluding carboxylic acids is 1. The third-order valence-electron chi connectivity index (χ3n) is 8.17. The topological polar surface area (TPSA) is 54.5 Å². The predicted octanol–water partition coefficient (Wildman–Crippen LogP) is 10.5. The van der Waals surface area contributed by atoms with Crippen LogP contribution in [-0.2, 0) is 20.1 Å². The molecular weight excluding hydrogens is 695 g/mol. The van der Waals surface area contributed by atoms with Crippen LogP contribution in [0.3, 0.4) is 0 Å². The molecule has 0 atom stereocenters. The van der Waals surface area contributed by atoms with E-state index in [2.05, 4.69) is 86.6 Å². The molecule has 2 N–H and O–H groups in total. The molecule has 5 rings (SSSR count). The van der Waals surface area contributed by atoms with Crippen molar-refractivity contribution in [2.45, 2.75) is 67.2 Å². The third kappa shape index (κ3) is 7.35. The molecule has 221 valence electrons. The molecule has 0 amide bonds. The minimum Gasteiger partial charge on any atom is -0.512 e. The maximum absolute atomic E-state index is 9.80. The maximum Gasteiger partial charge on any atom is 0.322 e. The van der Waals surface area contributed by atoms with Crippen LogP contribution in [0.1, 0.15) is 64.5 Å². The number of aryl methyl sites for hydroxylation is 2. The van der Waals surface area contributed by atoms with E-state index in [4.69, 9.17) is 4.98 Å². The van der Waals surface area contributed by atoms with Gasteiger partial charge in [-0.3, -0.25) is 4.79 Å². The van der Waals surface area contributed by atoms with Gasteiger partial charge in [0.2, 0.25) is 0 Å². The Kier molecular flexibility index (Phi) is 12.0. The number of aromatic nitrogens is 1. The third-order valence-corrected chi connectivity index (χ3v) is 8.17. The number of rotatable bonds is 8. The number of ketones is 1. The molecule has 0 fully saturated rings. The smallest absolute Gasteiger partial charge is 0.322 e. The van der Waals surface area contributed by atoms with Gasteiger partial charge >= 0.3 is 5.78 Å². The summed E-state index contributed by atoms with van der Waals surface area (Å²) < 4.78 is 0.